The normalized spacial score (nSPS) is 17.9. The highest BCUT2D eigenvalue weighted by molar-refractivity contribution is 5.87. The first-order chi connectivity index (χ1) is 10.0. The van der Waals surface area contributed by atoms with Gasteiger partial charge in [0.1, 0.15) is 6.54 Å². The maximum absolute atomic E-state index is 12.1. The Balaban J connectivity index is 1.93. The first-order valence-electron chi connectivity index (χ1n) is 6.80. The number of nitrogens with zero attached hydrogens (tertiary/aromatic N) is 5. The third-order valence-corrected chi connectivity index (χ3v) is 3.36. The van der Waals surface area contributed by atoms with E-state index >= 15 is 0 Å². The molecule has 1 aliphatic heterocycles. The molecule has 1 aliphatic rings. The molecule has 0 radical (unpaired) electrons. The SMILES string of the molecule is CN(C)C(=O)Nc1cnn(CC(=O)N2CCCC2CO)n1. The van der Waals surface area contributed by atoms with Gasteiger partial charge in [-0.05, 0) is 12.8 Å². The number of rotatable bonds is 4. The summed E-state index contributed by atoms with van der Waals surface area (Å²) in [4.78, 5) is 27.9. The van der Waals surface area contributed by atoms with E-state index in [-0.39, 0.29) is 31.1 Å². The molecule has 2 heterocycles. The fourth-order valence-corrected chi connectivity index (χ4v) is 2.22. The van der Waals surface area contributed by atoms with Gasteiger partial charge in [-0.3, -0.25) is 10.1 Å². The third kappa shape index (κ3) is 3.69. The standard InChI is InChI=1S/C12H20N6O3/c1-16(2)12(21)14-10-6-13-18(15-10)7-11(20)17-5-3-4-9(17)8-19/h6,9,19H,3-5,7-8H2,1-2H3,(H,14,15,21). The van der Waals surface area contributed by atoms with Crippen LogP contribution in [0.2, 0.25) is 0 Å². The average Bonchev–Trinajstić information content (AvgIpc) is 3.07. The number of aliphatic hydroxyl groups excluding tert-OH is 1. The summed E-state index contributed by atoms with van der Waals surface area (Å²) < 4.78 is 0. The van der Waals surface area contributed by atoms with Crippen molar-refractivity contribution in [2.24, 2.45) is 0 Å². The van der Waals surface area contributed by atoms with Gasteiger partial charge in [-0.2, -0.15) is 9.90 Å². The van der Waals surface area contributed by atoms with Crippen molar-refractivity contribution in [2.45, 2.75) is 25.4 Å². The zero-order valence-electron chi connectivity index (χ0n) is 12.2. The number of aliphatic hydroxyl groups is 1. The minimum Gasteiger partial charge on any atom is -0.394 e. The lowest BCUT2D eigenvalue weighted by Gasteiger charge is -2.22. The number of nitrogens with one attached hydrogen (secondary N) is 1. The van der Waals surface area contributed by atoms with Crippen LogP contribution in [0.4, 0.5) is 10.6 Å². The van der Waals surface area contributed by atoms with Gasteiger partial charge < -0.3 is 14.9 Å². The predicted molar refractivity (Wildman–Crippen MR) is 74.5 cm³/mol. The molecule has 0 bridgehead atoms. The summed E-state index contributed by atoms with van der Waals surface area (Å²) in [6.45, 7) is 0.617. The van der Waals surface area contributed by atoms with Crippen molar-refractivity contribution >= 4 is 17.8 Å². The predicted octanol–water partition coefficient (Wildman–Crippen LogP) is -0.645. The summed E-state index contributed by atoms with van der Waals surface area (Å²) in [5, 5.41) is 19.8. The zero-order chi connectivity index (χ0) is 15.4. The van der Waals surface area contributed by atoms with E-state index in [0.717, 1.165) is 12.8 Å². The summed E-state index contributed by atoms with van der Waals surface area (Å²) in [6, 6.07) is -0.422. The van der Waals surface area contributed by atoms with E-state index in [2.05, 4.69) is 15.5 Å². The van der Waals surface area contributed by atoms with Gasteiger partial charge >= 0.3 is 6.03 Å². The first kappa shape index (κ1) is 15.2. The molecule has 2 N–H and O–H groups in total. The highest BCUT2D eigenvalue weighted by Crippen LogP contribution is 2.17. The topological polar surface area (TPSA) is 104 Å². The number of carbonyl (C=O) groups is 2. The van der Waals surface area contributed by atoms with Gasteiger partial charge in [-0.1, -0.05) is 0 Å². The summed E-state index contributed by atoms with van der Waals surface area (Å²) in [5.41, 5.74) is 0. The molecule has 2 rings (SSSR count). The van der Waals surface area contributed by atoms with Crippen molar-refractivity contribution in [1.82, 2.24) is 24.8 Å². The van der Waals surface area contributed by atoms with E-state index < -0.39 is 0 Å². The van der Waals surface area contributed by atoms with Gasteiger partial charge in [0.05, 0.1) is 18.8 Å². The highest BCUT2D eigenvalue weighted by atomic mass is 16.3. The van der Waals surface area contributed by atoms with Crippen LogP contribution < -0.4 is 5.32 Å². The van der Waals surface area contributed by atoms with Crippen molar-refractivity contribution in [1.29, 1.82) is 0 Å². The van der Waals surface area contributed by atoms with Crippen molar-refractivity contribution in [2.75, 3.05) is 32.6 Å². The van der Waals surface area contributed by atoms with E-state index in [4.69, 9.17) is 0 Å². The lowest BCUT2D eigenvalue weighted by molar-refractivity contribution is -0.133. The van der Waals surface area contributed by atoms with Crippen LogP contribution in [-0.2, 0) is 11.3 Å². The van der Waals surface area contributed by atoms with Gasteiger partial charge in [0.2, 0.25) is 5.91 Å². The number of urea groups is 1. The number of carbonyl (C=O) groups excluding carboxylic acids is 2. The molecule has 1 atom stereocenters. The molecule has 0 aliphatic carbocycles. The Labute approximate surface area is 122 Å². The molecule has 1 unspecified atom stereocenters. The van der Waals surface area contributed by atoms with Crippen molar-refractivity contribution < 1.29 is 14.7 Å². The van der Waals surface area contributed by atoms with Crippen LogP contribution in [0.25, 0.3) is 0 Å². The quantitative estimate of drug-likeness (QED) is 0.769. The molecule has 9 nitrogen and oxygen atoms in total. The molecule has 21 heavy (non-hydrogen) atoms. The van der Waals surface area contributed by atoms with Crippen LogP contribution in [0.5, 0.6) is 0 Å². The zero-order valence-corrected chi connectivity index (χ0v) is 12.2. The Hall–Kier alpha value is -2.16. The first-order valence-corrected chi connectivity index (χ1v) is 6.80. The molecule has 116 valence electrons. The smallest absolute Gasteiger partial charge is 0.322 e. The third-order valence-electron chi connectivity index (χ3n) is 3.36. The summed E-state index contributed by atoms with van der Waals surface area (Å²) in [6.07, 6.45) is 3.11. The monoisotopic (exact) mass is 296 g/mol. The fourth-order valence-electron chi connectivity index (χ4n) is 2.22. The molecule has 1 saturated heterocycles. The Morgan fingerprint density at radius 3 is 2.95 bits per heavy atom. The Bertz CT molecular complexity index is 515. The average molecular weight is 296 g/mol. The van der Waals surface area contributed by atoms with E-state index in [9.17, 15) is 14.7 Å². The fraction of sp³-hybridized carbons (Fsp3) is 0.667. The molecule has 1 aromatic rings. The number of hydrogen-bond acceptors (Lipinski definition) is 5. The minimum atomic E-state index is -0.312. The molecule has 0 saturated carbocycles. The second-order valence-electron chi connectivity index (χ2n) is 5.15. The maximum atomic E-state index is 12.1. The van der Waals surface area contributed by atoms with Gasteiger partial charge in [-0.15, -0.1) is 5.10 Å². The van der Waals surface area contributed by atoms with E-state index in [1.165, 1.54) is 15.9 Å². The van der Waals surface area contributed by atoms with Gasteiger partial charge in [-0.25, -0.2) is 4.79 Å². The number of anilines is 1. The van der Waals surface area contributed by atoms with Gasteiger partial charge in [0, 0.05) is 20.6 Å². The number of amides is 3. The van der Waals surface area contributed by atoms with E-state index in [1.807, 2.05) is 0 Å². The molecule has 1 fully saturated rings. The van der Waals surface area contributed by atoms with Crippen molar-refractivity contribution in [3.8, 4) is 0 Å². The summed E-state index contributed by atoms with van der Waals surface area (Å²) >= 11 is 0. The molecule has 0 aromatic carbocycles. The molecule has 9 heteroatoms. The van der Waals surface area contributed by atoms with Crippen molar-refractivity contribution in [3.63, 3.8) is 0 Å². The van der Waals surface area contributed by atoms with Crippen molar-refractivity contribution in [3.05, 3.63) is 6.20 Å². The number of hydrogen-bond donors (Lipinski definition) is 2. The van der Waals surface area contributed by atoms with Crippen LogP contribution in [-0.4, -0.2) is 75.1 Å². The maximum Gasteiger partial charge on any atom is 0.322 e. The number of likely N-dealkylation sites (tertiary alicyclic amines) is 1. The molecule has 1 aromatic heterocycles. The summed E-state index contributed by atoms with van der Waals surface area (Å²) in [7, 11) is 3.23. The van der Waals surface area contributed by atoms with Crippen LogP contribution in [0.15, 0.2) is 6.20 Å². The van der Waals surface area contributed by atoms with Crippen LogP contribution >= 0.6 is 0 Å². The van der Waals surface area contributed by atoms with Gasteiger partial charge in [0.25, 0.3) is 0 Å². The molecule has 3 amide bonds. The summed E-state index contributed by atoms with van der Waals surface area (Å²) in [5.74, 6) is 0.161. The largest absolute Gasteiger partial charge is 0.394 e. The Morgan fingerprint density at radius 1 is 1.52 bits per heavy atom. The van der Waals surface area contributed by atoms with Crippen LogP contribution in [0, 0.1) is 0 Å². The van der Waals surface area contributed by atoms with Gasteiger partial charge in [0.15, 0.2) is 5.82 Å². The lowest BCUT2D eigenvalue weighted by atomic mass is 10.2. The van der Waals surface area contributed by atoms with E-state index in [1.54, 1.807) is 19.0 Å². The molecule has 0 spiro atoms. The highest BCUT2D eigenvalue weighted by Gasteiger charge is 2.28. The Morgan fingerprint density at radius 2 is 2.29 bits per heavy atom. The van der Waals surface area contributed by atoms with Crippen LogP contribution in [0.1, 0.15) is 12.8 Å². The van der Waals surface area contributed by atoms with Crippen LogP contribution in [0.3, 0.4) is 0 Å². The number of aromatic nitrogens is 3. The Kier molecular flexibility index (Phi) is 4.73. The second-order valence-corrected chi connectivity index (χ2v) is 5.15. The second kappa shape index (κ2) is 6.53. The lowest BCUT2D eigenvalue weighted by Crippen LogP contribution is -2.39. The minimum absolute atomic E-state index is 0.00562. The molecular formula is C12H20N6O3. The molecular weight excluding hydrogens is 276 g/mol. The van der Waals surface area contributed by atoms with E-state index in [0.29, 0.717) is 12.4 Å².